The number of benzene rings is 2. The van der Waals surface area contributed by atoms with Crippen molar-refractivity contribution in [1.82, 2.24) is 4.57 Å². The van der Waals surface area contributed by atoms with Crippen LogP contribution in [0.5, 0.6) is 0 Å². The van der Waals surface area contributed by atoms with Gasteiger partial charge in [-0.2, -0.15) is 0 Å². The van der Waals surface area contributed by atoms with E-state index in [1.807, 2.05) is 36.4 Å². The van der Waals surface area contributed by atoms with Crippen LogP contribution in [0.2, 0.25) is 10.0 Å². The van der Waals surface area contributed by atoms with Gasteiger partial charge >= 0.3 is 0 Å². The summed E-state index contributed by atoms with van der Waals surface area (Å²) in [5, 5.41) is 1.39. The van der Waals surface area contributed by atoms with Crippen molar-refractivity contribution < 1.29 is 0 Å². The zero-order chi connectivity index (χ0) is 17.7. The van der Waals surface area contributed by atoms with Crippen LogP contribution >= 0.6 is 23.2 Å². The number of rotatable bonds is 1. The minimum Gasteiger partial charge on any atom is -0.315 e. The van der Waals surface area contributed by atoms with Crippen molar-refractivity contribution in [3.63, 3.8) is 0 Å². The van der Waals surface area contributed by atoms with Gasteiger partial charge in [0, 0.05) is 32.6 Å². The lowest BCUT2D eigenvalue weighted by atomic mass is 10.00. The molecule has 25 heavy (non-hydrogen) atoms. The van der Waals surface area contributed by atoms with Crippen molar-refractivity contribution in [2.45, 2.75) is 27.3 Å². The average Bonchev–Trinajstić information content (AvgIpc) is 2.74. The van der Waals surface area contributed by atoms with E-state index in [0.29, 0.717) is 16.6 Å². The van der Waals surface area contributed by atoms with Crippen molar-refractivity contribution in [3.8, 4) is 5.69 Å². The molecule has 3 aromatic rings. The van der Waals surface area contributed by atoms with Crippen LogP contribution < -0.4 is 0 Å². The van der Waals surface area contributed by atoms with E-state index in [1.165, 1.54) is 22.5 Å². The van der Waals surface area contributed by atoms with Crippen LogP contribution in [0.4, 0.5) is 0 Å². The zero-order valence-corrected chi connectivity index (χ0v) is 15.9. The first-order valence-electron chi connectivity index (χ1n) is 8.26. The van der Waals surface area contributed by atoms with E-state index in [2.05, 4.69) is 31.4 Å². The predicted octanol–water partition coefficient (Wildman–Crippen LogP) is 6.06. The Balaban J connectivity index is 2.06. The van der Waals surface area contributed by atoms with Gasteiger partial charge in [-0.15, -0.1) is 0 Å². The molecule has 2 aromatic carbocycles. The topological polar surface area (TPSA) is 17.3 Å². The molecule has 0 aliphatic carbocycles. The SMILES string of the molecule is Cc1c(C)c2n(c1C)-c1ccc(Cl)cc1C(c1ccccc1Cl)=NC2. The molecule has 0 N–H and O–H groups in total. The summed E-state index contributed by atoms with van der Waals surface area (Å²) in [6, 6.07) is 13.8. The molecule has 0 spiro atoms. The van der Waals surface area contributed by atoms with Crippen LogP contribution in [-0.4, -0.2) is 10.3 Å². The summed E-state index contributed by atoms with van der Waals surface area (Å²) in [6.07, 6.45) is 0. The molecular weight excluding hydrogens is 351 g/mol. The molecule has 0 saturated heterocycles. The van der Waals surface area contributed by atoms with Crippen molar-refractivity contribution in [2.24, 2.45) is 4.99 Å². The van der Waals surface area contributed by atoms with E-state index in [9.17, 15) is 0 Å². The predicted molar refractivity (Wildman–Crippen MR) is 106 cm³/mol. The maximum Gasteiger partial charge on any atom is 0.0805 e. The second-order valence-electron chi connectivity index (χ2n) is 6.42. The van der Waals surface area contributed by atoms with E-state index in [1.54, 1.807) is 0 Å². The molecule has 0 saturated carbocycles. The maximum atomic E-state index is 6.47. The molecule has 4 heteroatoms. The highest BCUT2D eigenvalue weighted by atomic mass is 35.5. The smallest absolute Gasteiger partial charge is 0.0805 e. The van der Waals surface area contributed by atoms with Crippen LogP contribution in [-0.2, 0) is 6.54 Å². The summed E-state index contributed by atoms with van der Waals surface area (Å²) in [4.78, 5) is 4.95. The number of aromatic nitrogens is 1. The van der Waals surface area contributed by atoms with Gasteiger partial charge in [-0.05, 0) is 56.2 Å². The number of hydrogen-bond acceptors (Lipinski definition) is 1. The van der Waals surface area contributed by atoms with Gasteiger partial charge in [0.2, 0.25) is 0 Å². The van der Waals surface area contributed by atoms with Crippen molar-refractivity contribution in [2.75, 3.05) is 0 Å². The maximum absolute atomic E-state index is 6.47. The highest BCUT2D eigenvalue weighted by Crippen LogP contribution is 2.34. The molecule has 2 nitrogen and oxygen atoms in total. The quantitative estimate of drug-likeness (QED) is 0.496. The Labute approximate surface area is 157 Å². The van der Waals surface area contributed by atoms with Crippen molar-refractivity contribution in [1.29, 1.82) is 0 Å². The Kier molecular flexibility index (Phi) is 3.98. The Bertz CT molecular complexity index is 1030. The number of fused-ring (bicyclic) bond motifs is 3. The summed E-state index contributed by atoms with van der Waals surface area (Å²) in [7, 11) is 0. The molecular formula is C21H18Cl2N2. The minimum atomic E-state index is 0.618. The third kappa shape index (κ3) is 2.52. The van der Waals surface area contributed by atoms with Crippen molar-refractivity contribution in [3.05, 3.63) is 86.2 Å². The second kappa shape index (κ2) is 6.05. The fraction of sp³-hybridized carbons (Fsp3) is 0.190. The Morgan fingerprint density at radius 2 is 1.68 bits per heavy atom. The van der Waals surface area contributed by atoms with Gasteiger partial charge in [0.1, 0.15) is 0 Å². The molecule has 0 amide bonds. The van der Waals surface area contributed by atoms with E-state index in [0.717, 1.165) is 22.5 Å². The molecule has 2 heterocycles. The van der Waals surface area contributed by atoms with E-state index < -0.39 is 0 Å². The minimum absolute atomic E-state index is 0.618. The molecule has 0 radical (unpaired) electrons. The lowest BCUT2D eigenvalue weighted by Crippen LogP contribution is -2.08. The van der Waals surface area contributed by atoms with Crippen LogP contribution in [0.3, 0.4) is 0 Å². The first-order chi connectivity index (χ1) is 12.0. The average molecular weight is 369 g/mol. The van der Waals surface area contributed by atoms with Gasteiger partial charge in [-0.25, -0.2) is 0 Å². The number of nitrogens with zero attached hydrogens (tertiary/aromatic N) is 2. The van der Waals surface area contributed by atoms with E-state index in [4.69, 9.17) is 28.2 Å². The summed E-state index contributed by atoms with van der Waals surface area (Å²) >= 11 is 12.8. The monoisotopic (exact) mass is 368 g/mol. The molecule has 126 valence electrons. The van der Waals surface area contributed by atoms with Gasteiger partial charge < -0.3 is 4.57 Å². The molecule has 0 unspecified atom stereocenters. The van der Waals surface area contributed by atoms with Crippen LogP contribution in [0, 0.1) is 20.8 Å². The van der Waals surface area contributed by atoms with Gasteiger partial charge in [-0.3, -0.25) is 4.99 Å². The normalized spacial score (nSPS) is 13.1. The molecule has 1 aliphatic rings. The van der Waals surface area contributed by atoms with Crippen LogP contribution in [0.25, 0.3) is 5.69 Å². The Morgan fingerprint density at radius 3 is 2.44 bits per heavy atom. The summed E-state index contributed by atoms with van der Waals surface area (Å²) < 4.78 is 2.31. The zero-order valence-electron chi connectivity index (χ0n) is 14.4. The highest BCUT2D eigenvalue weighted by Gasteiger charge is 2.24. The first kappa shape index (κ1) is 16.4. The Hall–Kier alpha value is -2.03. The second-order valence-corrected chi connectivity index (χ2v) is 7.27. The first-order valence-corrected chi connectivity index (χ1v) is 9.01. The molecule has 0 bridgehead atoms. The molecule has 4 rings (SSSR count). The largest absolute Gasteiger partial charge is 0.315 e. The summed E-state index contributed by atoms with van der Waals surface area (Å²) in [5.41, 5.74) is 9.01. The van der Waals surface area contributed by atoms with Gasteiger partial charge in [-0.1, -0.05) is 41.4 Å². The lowest BCUT2D eigenvalue weighted by molar-refractivity contribution is 0.890. The standard InChI is InChI=1S/C21H18Cl2N2/c1-12-13(2)20-11-24-21(16-6-4-5-7-18(16)23)17-10-15(22)8-9-19(17)25(20)14(12)3/h4-10H,11H2,1-3H3. The molecule has 0 atom stereocenters. The van der Waals surface area contributed by atoms with E-state index in [-0.39, 0.29) is 0 Å². The fourth-order valence-electron chi connectivity index (χ4n) is 3.56. The molecule has 0 fully saturated rings. The summed E-state index contributed by atoms with van der Waals surface area (Å²) in [6.45, 7) is 7.11. The highest BCUT2D eigenvalue weighted by molar-refractivity contribution is 6.36. The summed E-state index contributed by atoms with van der Waals surface area (Å²) in [5.74, 6) is 0. The van der Waals surface area contributed by atoms with Gasteiger partial charge in [0.15, 0.2) is 0 Å². The third-order valence-corrected chi connectivity index (χ3v) is 5.68. The Morgan fingerprint density at radius 1 is 0.920 bits per heavy atom. The fourth-order valence-corrected chi connectivity index (χ4v) is 3.95. The molecule has 1 aromatic heterocycles. The number of aliphatic imine (C=N–C) groups is 1. The van der Waals surface area contributed by atoms with Crippen molar-refractivity contribution >= 4 is 28.9 Å². The van der Waals surface area contributed by atoms with Crippen LogP contribution in [0.1, 0.15) is 33.6 Å². The number of hydrogen-bond donors (Lipinski definition) is 0. The number of halogens is 2. The van der Waals surface area contributed by atoms with Gasteiger partial charge in [0.05, 0.1) is 17.9 Å². The van der Waals surface area contributed by atoms with Gasteiger partial charge in [0.25, 0.3) is 0 Å². The van der Waals surface area contributed by atoms with Crippen LogP contribution in [0.15, 0.2) is 47.5 Å². The molecule has 1 aliphatic heterocycles. The van der Waals surface area contributed by atoms with E-state index >= 15 is 0 Å². The third-order valence-electron chi connectivity index (χ3n) is 5.11. The lowest BCUT2D eigenvalue weighted by Gasteiger charge is -2.15.